The number of amides is 1. The minimum atomic E-state index is -0.0132. The van der Waals surface area contributed by atoms with Gasteiger partial charge in [0.25, 0.3) is 5.91 Å². The van der Waals surface area contributed by atoms with Crippen LogP contribution in [0, 0.1) is 0 Å². The maximum absolute atomic E-state index is 12.4. The zero-order valence-corrected chi connectivity index (χ0v) is 12.8. The van der Waals surface area contributed by atoms with Crippen LogP contribution in [0.5, 0.6) is 0 Å². The van der Waals surface area contributed by atoms with E-state index in [2.05, 4.69) is 29.3 Å². The fraction of sp³-hybridized carbons (Fsp3) is 0.600. The van der Waals surface area contributed by atoms with Gasteiger partial charge in [0.2, 0.25) is 0 Å². The molecule has 0 radical (unpaired) electrons. The van der Waals surface area contributed by atoms with Gasteiger partial charge in [-0.2, -0.15) is 0 Å². The Hall–Kier alpha value is -1.62. The second kappa shape index (κ2) is 5.79. The first kappa shape index (κ1) is 14.8. The van der Waals surface area contributed by atoms with E-state index in [1.165, 1.54) is 6.42 Å². The number of aromatic nitrogens is 1. The average molecular weight is 276 g/mol. The number of pyridine rings is 1. The highest BCUT2D eigenvalue weighted by atomic mass is 16.2. The lowest BCUT2D eigenvalue weighted by Gasteiger charge is -2.49. The molecule has 0 unspecified atom stereocenters. The third-order valence-electron chi connectivity index (χ3n) is 4.38. The van der Waals surface area contributed by atoms with E-state index in [0.717, 1.165) is 25.1 Å². The van der Waals surface area contributed by atoms with Crippen molar-refractivity contribution in [3.8, 4) is 0 Å². The number of hydrogen-bond donors (Lipinski definition) is 1. The largest absolute Gasteiger partial charge is 0.387 e. The van der Waals surface area contributed by atoms with Crippen molar-refractivity contribution in [2.45, 2.75) is 24.8 Å². The Labute approximate surface area is 121 Å². The molecule has 1 fully saturated rings. The predicted molar refractivity (Wildman–Crippen MR) is 81.0 cm³/mol. The van der Waals surface area contributed by atoms with Crippen LogP contribution in [0.25, 0.3) is 0 Å². The topological polar surface area (TPSA) is 48.5 Å². The highest BCUT2D eigenvalue weighted by Crippen LogP contribution is 2.36. The molecule has 1 aliphatic rings. The molecular formula is C15H24N4O. The van der Waals surface area contributed by atoms with Gasteiger partial charge >= 0.3 is 0 Å². The summed E-state index contributed by atoms with van der Waals surface area (Å²) in [5.74, 6) is -0.0132. The predicted octanol–water partition coefficient (Wildman–Crippen LogP) is 1.68. The van der Waals surface area contributed by atoms with Gasteiger partial charge in [0.15, 0.2) is 0 Å². The lowest BCUT2D eigenvalue weighted by Crippen LogP contribution is -2.57. The summed E-state index contributed by atoms with van der Waals surface area (Å²) in [6.07, 6.45) is 5.24. The Kier molecular flexibility index (Phi) is 4.28. The van der Waals surface area contributed by atoms with Gasteiger partial charge in [-0.3, -0.25) is 4.79 Å². The molecule has 5 heteroatoms. The van der Waals surface area contributed by atoms with E-state index in [1.54, 1.807) is 17.2 Å². The maximum atomic E-state index is 12.4. The van der Waals surface area contributed by atoms with Crippen LogP contribution in [0.2, 0.25) is 0 Å². The lowest BCUT2D eigenvalue weighted by molar-refractivity contribution is 0.0250. The van der Waals surface area contributed by atoms with E-state index in [0.29, 0.717) is 5.69 Å². The number of nitrogens with zero attached hydrogens (tertiary/aromatic N) is 3. The summed E-state index contributed by atoms with van der Waals surface area (Å²) in [6.45, 7) is 0.758. The van der Waals surface area contributed by atoms with Gasteiger partial charge in [-0.1, -0.05) is 0 Å². The summed E-state index contributed by atoms with van der Waals surface area (Å²) in [4.78, 5) is 20.7. The number of nitrogens with one attached hydrogen (secondary N) is 1. The Balaban J connectivity index is 2.04. The van der Waals surface area contributed by atoms with Crippen molar-refractivity contribution < 1.29 is 4.79 Å². The van der Waals surface area contributed by atoms with Gasteiger partial charge in [-0.15, -0.1) is 0 Å². The van der Waals surface area contributed by atoms with Crippen molar-refractivity contribution in [2.75, 3.05) is 40.1 Å². The normalized spacial score (nSPS) is 16.6. The Bertz CT molecular complexity index is 465. The van der Waals surface area contributed by atoms with Crippen LogP contribution < -0.4 is 5.32 Å². The number of carbonyl (C=O) groups excluding carboxylic acids is 1. The summed E-state index contributed by atoms with van der Waals surface area (Å²) in [6, 6.07) is 3.65. The van der Waals surface area contributed by atoms with Crippen LogP contribution >= 0.6 is 0 Å². The third kappa shape index (κ3) is 2.77. The summed E-state index contributed by atoms with van der Waals surface area (Å²) in [5, 5.41) is 3.00. The first-order valence-corrected chi connectivity index (χ1v) is 7.05. The van der Waals surface area contributed by atoms with Crippen LogP contribution in [-0.4, -0.2) is 61.0 Å². The minimum absolute atomic E-state index is 0.0132. The standard InChI is InChI=1S/C15H24N4O/c1-16-12-6-7-13(17-10-12)14(20)19(4)11-15(18(2)3)8-5-9-15/h6-7,10,16H,5,8-9,11H2,1-4H3. The number of hydrogen-bond acceptors (Lipinski definition) is 4. The highest BCUT2D eigenvalue weighted by Gasteiger charge is 2.40. The molecule has 0 spiro atoms. The first-order chi connectivity index (χ1) is 9.48. The second-order valence-electron chi connectivity index (χ2n) is 5.82. The van der Waals surface area contributed by atoms with Gasteiger partial charge in [-0.05, 0) is 45.5 Å². The van der Waals surface area contributed by atoms with Gasteiger partial charge in [0, 0.05) is 26.2 Å². The van der Waals surface area contributed by atoms with E-state index in [9.17, 15) is 4.79 Å². The number of likely N-dealkylation sites (N-methyl/N-ethyl adjacent to an activating group) is 2. The van der Waals surface area contributed by atoms with Crippen molar-refractivity contribution in [3.63, 3.8) is 0 Å². The van der Waals surface area contributed by atoms with Crippen molar-refractivity contribution in [1.82, 2.24) is 14.8 Å². The molecule has 2 rings (SSSR count). The fourth-order valence-corrected chi connectivity index (χ4v) is 2.71. The summed E-state index contributed by atoms with van der Waals surface area (Å²) >= 11 is 0. The quantitative estimate of drug-likeness (QED) is 0.889. The van der Waals surface area contributed by atoms with Crippen molar-refractivity contribution in [2.24, 2.45) is 0 Å². The molecule has 1 N–H and O–H groups in total. The van der Waals surface area contributed by atoms with Crippen molar-refractivity contribution in [1.29, 1.82) is 0 Å². The maximum Gasteiger partial charge on any atom is 0.272 e. The van der Waals surface area contributed by atoms with Gasteiger partial charge in [0.05, 0.1) is 11.9 Å². The van der Waals surface area contributed by atoms with Crippen LogP contribution in [0.4, 0.5) is 5.69 Å². The molecule has 1 heterocycles. The summed E-state index contributed by atoms with van der Waals surface area (Å²) in [7, 11) is 7.89. The Morgan fingerprint density at radius 1 is 1.35 bits per heavy atom. The number of anilines is 1. The molecule has 0 atom stereocenters. The summed E-state index contributed by atoms with van der Waals surface area (Å²) < 4.78 is 0. The van der Waals surface area contributed by atoms with Gasteiger partial charge in [-0.25, -0.2) is 4.98 Å². The molecule has 0 aromatic carbocycles. The second-order valence-corrected chi connectivity index (χ2v) is 5.82. The zero-order chi connectivity index (χ0) is 14.8. The van der Waals surface area contributed by atoms with Gasteiger partial charge in [0.1, 0.15) is 5.69 Å². The zero-order valence-electron chi connectivity index (χ0n) is 12.8. The Morgan fingerprint density at radius 2 is 2.05 bits per heavy atom. The molecule has 1 aliphatic carbocycles. The monoisotopic (exact) mass is 276 g/mol. The SMILES string of the molecule is CNc1ccc(C(=O)N(C)CC2(N(C)C)CCC2)nc1. The molecule has 20 heavy (non-hydrogen) atoms. The van der Waals surface area contributed by atoms with E-state index in [4.69, 9.17) is 0 Å². The minimum Gasteiger partial charge on any atom is -0.387 e. The third-order valence-corrected chi connectivity index (χ3v) is 4.38. The fourth-order valence-electron chi connectivity index (χ4n) is 2.71. The van der Waals surface area contributed by atoms with Crippen molar-refractivity contribution in [3.05, 3.63) is 24.0 Å². The van der Waals surface area contributed by atoms with Crippen LogP contribution in [0.1, 0.15) is 29.8 Å². The molecule has 5 nitrogen and oxygen atoms in total. The molecule has 1 aromatic heterocycles. The molecular weight excluding hydrogens is 252 g/mol. The molecule has 1 saturated carbocycles. The van der Waals surface area contributed by atoms with Gasteiger partial charge < -0.3 is 15.1 Å². The number of carbonyl (C=O) groups is 1. The van der Waals surface area contributed by atoms with E-state index < -0.39 is 0 Å². The molecule has 0 saturated heterocycles. The Morgan fingerprint density at radius 3 is 2.45 bits per heavy atom. The average Bonchev–Trinajstić information content (AvgIpc) is 2.41. The molecule has 0 bridgehead atoms. The molecule has 0 aliphatic heterocycles. The molecule has 110 valence electrons. The summed E-state index contributed by atoms with van der Waals surface area (Å²) in [5.41, 5.74) is 1.56. The lowest BCUT2D eigenvalue weighted by atomic mass is 9.75. The van der Waals surface area contributed by atoms with E-state index in [-0.39, 0.29) is 11.4 Å². The molecule has 1 amide bonds. The van der Waals surface area contributed by atoms with E-state index >= 15 is 0 Å². The smallest absolute Gasteiger partial charge is 0.272 e. The van der Waals surface area contributed by atoms with Crippen LogP contribution in [-0.2, 0) is 0 Å². The van der Waals surface area contributed by atoms with Crippen LogP contribution in [0.3, 0.4) is 0 Å². The van der Waals surface area contributed by atoms with Crippen molar-refractivity contribution >= 4 is 11.6 Å². The first-order valence-electron chi connectivity index (χ1n) is 7.05. The molecule has 1 aromatic rings. The van der Waals surface area contributed by atoms with Crippen LogP contribution in [0.15, 0.2) is 18.3 Å². The highest BCUT2D eigenvalue weighted by molar-refractivity contribution is 5.92. The van der Waals surface area contributed by atoms with E-state index in [1.807, 2.05) is 20.2 Å². The number of rotatable bonds is 5.